The van der Waals surface area contributed by atoms with Gasteiger partial charge in [0.2, 0.25) is 0 Å². The largest absolute Gasteiger partial charge is 0.295 e. The Bertz CT molecular complexity index is 773. The van der Waals surface area contributed by atoms with Gasteiger partial charge in [0.05, 0.1) is 0 Å². The predicted octanol–water partition coefficient (Wildman–Crippen LogP) is 4.33. The summed E-state index contributed by atoms with van der Waals surface area (Å²) in [4.78, 5) is 24.7. The number of allylic oxidation sites excluding steroid dienone is 4. The lowest BCUT2D eigenvalue weighted by molar-refractivity contribution is -0.128. The molecule has 2 atom stereocenters. The van der Waals surface area contributed by atoms with Gasteiger partial charge < -0.3 is 0 Å². The van der Waals surface area contributed by atoms with Gasteiger partial charge in [0.1, 0.15) is 0 Å². The van der Waals surface area contributed by atoms with Crippen molar-refractivity contribution in [2.45, 2.75) is 12.8 Å². The molecule has 0 bridgehead atoms. The van der Waals surface area contributed by atoms with Crippen LogP contribution in [0, 0.1) is 11.8 Å². The molecule has 2 heteroatoms. The van der Waals surface area contributed by atoms with E-state index in [1.54, 1.807) is 0 Å². The number of carbonyl (C=O) groups excluding carboxylic acids is 2. The standard InChI is InChI=1S/C22H18O2/c23-21-11-12-22(24)20-14-18(16-9-5-2-6-10-16)17(13-19(20)21)15-7-3-1-4-8-15/h1-12,19-20H,13-14H2/t19-,20+. The predicted molar refractivity (Wildman–Crippen MR) is 95.1 cm³/mol. The molecule has 0 N–H and O–H groups in total. The van der Waals surface area contributed by atoms with Gasteiger partial charge in [-0.2, -0.15) is 0 Å². The van der Waals surface area contributed by atoms with E-state index in [2.05, 4.69) is 24.3 Å². The lowest BCUT2D eigenvalue weighted by Gasteiger charge is -2.34. The van der Waals surface area contributed by atoms with Crippen LogP contribution in [-0.4, -0.2) is 11.6 Å². The number of ketones is 2. The minimum Gasteiger partial charge on any atom is -0.295 e. The van der Waals surface area contributed by atoms with Crippen LogP contribution in [0.4, 0.5) is 0 Å². The quantitative estimate of drug-likeness (QED) is 0.826. The van der Waals surface area contributed by atoms with Gasteiger partial charge in [-0.15, -0.1) is 0 Å². The van der Waals surface area contributed by atoms with E-state index in [9.17, 15) is 9.59 Å². The Balaban J connectivity index is 1.86. The van der Waals surface area contributed by atoms with Gasteiger partial charge in [0.15, 0.2) is 11.6 Å². The molecule has 0 saturated heterocycles. The van der Waals surface area contributed by atoms with Crippen LogP contribution in [0.1, 0.15) is 24.0 Å². The number of carbonyl (C=O) groups is 2. The van der Waals surface area contributed by atoms with Gasteiger partial charge in [-0.05, 0) is 47.3 Å². The van der Waals surface area contributed by atoms with E-state index < -0.39 is 0 Å². The molecule has 0 heterocycles. The smallest absolute Gasteiger partial charge is 0.159 e. The van der Waals surface area contributed by atoms with Gasteiger partial charge in [-0.1, -0.05) is 60.7 Å². The Morgan fingerprint density at radius 2 is 0.958 bits per heavy atom. The molecule has 0 aliphatic heterocycles. The Morgan fingerprint density at radius 1 is 0.583 bits per heavy atom. The first kappa shape index (κ1) is 14.8. The van der Waals surface area contributed by atoms with Crippen molar-refractivity contribution >= 4 is 22.7 Å². The molecule has 2 aromatic carbocycles. The van der Waals surface area contributed by atoms with Gasteiger partial charge in [0.25, 0.3) is 0 Å². The first-order chi connectivity index (χ1) is 11.7. The number of benzene rings is 2. The van der Waals surface area contributed by atoms with Crippen LogP contribution < -0.4 is 0 Å². The third-order valence-electron chi connectivity index (χ3n) is 5.09. The molecular formula is C22H18O2. The van der Waals surface area contributed by atoms with Crippen LogP contribution in [0.25, 0.3) is 11.1 Å². The highest BCUT2D eigenvalue weighted by atomic mass is 16.1. The highest BCUT2D eigenvalue weighted by Crippen LogP contribution is 2.45. The first-order valence-electron chi connectivity index (χ1n) is 8.32. The SMILES string of the molecule is O=C1C=CC(=O)[C@@H]2CC(c3ccccc3)=C(c3ccccc3)C[C@H]12. The second kappa shape index (κ2) is 6.04. The fourth-order valence-corrected chi connectivity index (χ4v) is 3.84. The number of fused-ring (bicyclic) bond motifs is 1. The first-order valence-corrected chi connectivity index (χ1v) is 8.32. The number of rotatable bonds is 2. The average Bonchev–Trinajstić information content (AvgIpc) is 2.65. The summed E-state index contributed by atoms with van der Waals surface area (Å²) in [5.41, 5.74) is 4.67. The van der Waals surface area contributed by atoms with Crippen LogP contribution in [0.2, 0.25) is 0 Å². The van der Waals surface area contributed by atoms with Crippen molar-refractivity contribution in [3.05, 3.63) is 83.9 Å². The van der Waals surface area contributed by atoms with Crippen LogP contribution in [0.5, 0.6) is 0 Å². The molecule has 4 rings (SSSR count). The lowest BCUT2D eigenvalue weighted by Crippen LogP contribution is -2.35. The Kier molecular flexibility index (Phi) is 3.73. The van der Waals surface area contributed by atoms with Crippen molar-refractivity contribution in [3.63, 3.8) is 0 Å². The average molecular weight is 314 g/mol. The Hall–Kier alpha value is -2.74. The van der Waals surface area contributed by atoms with Crippen molar-refractivity contribution in [1.82, 2.24) is 0 Å². The summed E-state index contributed by atoms with van der Waals surface area (Å²) in [6.07, 6.45) is 4.18. The van der Waals surface area contributed by atoms with Crippen LogP contribution >= 0.6 is 0 Å². The molecule has 2 aromatic rings. The van der Waals surface area contributed by atoms with Gasteiger partial charge >= 0.3 is 0 Å². The summed E-state index contributed by atoms with van der Waals surface area (Å²) in [5.74, 6) is -0.268. The maximum absolute atomic E-state index is 12.3. The van der Waals surface area contributed by atoms with E-state index in [1.807, 2.05) is 36.4 Å². The summed E-state index contributed by atoms with van der Waals surface area (Å²) in [5, 5.41) is 0. The molecule has 118 valence electrons. The van der Waals surface area contributed by atoms with E-state index in [0.29, 0.717) is 12.8 Å². The molecular weight excluding hydrogens is 296 g/mol. The Morgan fingerprint density at radius 3 is 1.33 bits per heavy atom. The van der Waals surface area contributed by atoms with Crippen molar-refractivity contribution in [2.24, 2.45) is 11.8 Å². The van der Waals surface area contributed by atoms with Gasteiger partial charge in [-0.25, -0.2) is 0 Å². The molecule has 2 aliphatic rings. The van der Waals surface area contributed by atoms with Crippen molar-refractivity contribution < 1.29 is 9.59 Å². The highest BCUT2D eigenvalue weighted by Gasteiger charge is 2.39. The molecule has 0 aromatic heterocycles. The van der Waals surface area contributed by atoms with E-state index in [0.717, 1.165) is 11.1 Å². The van der Waals surface area contributed by atoms with Gasteiger partial charge in [0, 0.05) is 11.8 Å². The topological polar surface area (TPSA) is 34.1 Å². The second-order valence-electron chi connectivity index (χ2n) is 6.45. The van der Waals surface area contributed by atoms with Crippen LogP contribution in [0.15, 0.2) is 72.8 Å². The summed E-state index contributed by atoms with van der Waals surface area (Å²) in [6, 6.07) is 20.4. The van der Waals surface area contributed by atoms with E-state index in [1.165, 1.54) is 23.3 Å². The lowest BCUT2D eigenvalue weighted by atomic mass is 9.67. The molecule has 0 unspecified atom stereocenters. The molecule has 0 radical (unpaired) electrons. The zero-order chi connectivity index (χ0) is 16.5. The van der Waals surface area contributed by atoms with E-state index in [4.69, 9.17) is 0 Å². The molecule has 24 heavy (non-hydrogen) atoms. The highest BCUT2D eigenvalue weighted by molar-refractivity contribution is 6.10. The van der Waals surface area contributed by atoms with Crippen molar-refractivity contribution in [3.8, 4) is 0 Å². The zero-order valence-corrected chi connectivity index (χ0v) is 13.3. The molecule has 0 fully saturated rings. The molecule has 2 aliphatic carbocycles. The normalized spacial score (nSPS) is 23.3. The van der Waals surface area contributed by atoms with Crippen molar-refractivity contribution in [2.75, 3.05) is 0 Å². The maximum atomic E-state index is 12.3. The molecule has 0 saturated carbocycles. The maximum Gasteiger partial charge on any atom is 0.159 e. The minimum absolute atomic E-state index is 0.0835. The third-order valence-corrected chi connectivity index (χ3v) is 5.09. The van der Waals surface area contributed by atoms with E-state index in [-0.39, 0.29) is 23.4 Å². The second-order valence-corrected chi connectivity index (χ2v) is 6.45. The summed E-state index contributed by atoms with van der Waals surface area (Å²) in [6.45, 7) is 0. The molecule has 0 amide bonds. The molecule has 0 spiro atoms. The Labute approximate surface area is 141 Å². The number of hydrogen-bond donors (Lipinski definition) is 0. The minimum atomic E-state index is -0.217. The van der Waals surface area contributed by atoms with Crippen LogP contribution in [0.3, 0.4) is 0 Å². The fraction of sp³-hybridized carbons (Fsp3) is 0.182. The number of hydrogen-bond acceptors (Lipinski definition) is 2. The van der Waals surface area contributed by atoms with Gasteiger partial charge in [-0.3, -0.25) is 9.59 Å². The summed E-state index contributed by atoms with van der Waals surface area (Å²) in [7, 11) is 0. The summed E-state index contributed by atoms with van der Waals surface area (Å²) >= 11 is 0. The zero-order valence-electron chi connectivity index (χ0n) is 13.3. The fourth-order valence-electron chi connectivity index (χ4n) is 3.84. The summed E-state index contributed by atoms with van der Waals surface area (Å²) < 4.78 is 0. The van der Waals surface area contributed by atoms with Crippen molar-refractivity contribution in [1.29, 1.82) is 0 Å². The van der Waals surface area contributed by atoms with Crippen LogP contribution in [-0.2, 0) is 9.59 Å². The van der Waals surface area contributed by atoms with E-state index >= 15 is 0 Å². The monoisotopic (exact) mass is 314 g/mol. The molecule has 2 nitrogen and oxygen atoms in total. The third kappa shape index (κ3) is 2.54.